The number of sulfone groups is 1. The lowest BCUT2D eigenvalue weighted by Gasteiger charge is -2.21. The molecule has 0 fully saturated rings. The Morgan fingerprint density at radius 3 is 2.34 bits per heavy atom. The molecule has 0 saturated heterocycles. The van der Waals surface area contributed by atoms with Gasteiger partial charge >= 0.3 is 0 Å². The number of nitrogens with zero attached hydrogens (tertiary/aromatic N) is 1. The van der Waals surface area contributed by atoms with Gasteiger partial charge in [-0.05, 0) is 57.8 Å². The van der Waals surface area contributed by atoms with E-state index >= 15 is 0 Å². The third-order valence-electron chi connectivity index (χ3n) is 4.95. The van der Waals surface area contributed by atoms with Crippen molar-refractivity contribution in [1.82, 2.24) is 4.57 Å². The zero-order valence-electron chi connectivity index (χ0n) is 16.9. The number of hydrogen-bond acceptors (Lipinski definition) is 4. The van der Waals surface area contributed by atoms with Crippen molar-refractivity contribution in [1.29, 1.82) is 0 Å². The largest absolute Gasteiger partial charge is 0.495 e. The highest BCUT2D eigenvalue weighted by Crippen LogP contribution is 2.38. The van der Waals surface area contributed by atoms with E-state index in [4.69, 9.17) is 10.5 Å². The molecule has 3 rings (SSSR count). The van der Waals surface area contributed by atoms with Crippen LogP contribution < -0.4 is 10.5 Å². The number of nitrogens with two attached hydrogens (primary N) is 1. The second kappa shape index (κ2) is 7.32. The van der Waals surface area contributed by atoms with Gasteiger partial charge in [0.15, 0.2) is 5.03 Å². The van der Waals surface area contributed by atoms with Crippen molar-refractivity contribution in [3.05, 3.63) is 51.1 Å². The molecule has 6 nitrogen and oxygen atoms in total. The predicted molar refractivity (Wildman–Crippen MR) is 121 cm³/mol. The quantitative estimate of drug-likeness (QED) is 0.520. The summed E-state index contributed by atoms with van der Waals surface area (Å²) in [5.74, 6) is -0.274. The number of rotatable bonds is 4. The normalized spacial score (nSPS) is 12.3. The van der Waals surface area contributed by atoms with E-state index in [1.54, 1.807) is 41.9 Å². The molecular weight excluding hydrogens is 503 g/mol. The molecule has 154 valence electrons. The molecule has 2 aromatic carbocycles. The molecule has 29 heavy (non-hydrogen) atoms. The number of carbonyl (C=O) groups excluding carboxylic acids is 1. The first-order valence-electron chi connectivity index (χ1n) is 8.91. The van der Waals surface area contributed by atoms with Gasteiger partial charge in [0.1, 0.15) is 10.6 Å². The first-order chi connectivity index (χ1) is 13.4. The molecule has 0 radical (unpaired) electrons. The number of benzene rings is 2. The van der Waals surface area contributed by atoms with Crippen molar-refractivity contribution in [3.8, 4) is 5.75 Å². The minimum Gasteiger partial charge on any atom is -0.495 e. The summed E-state index contributed by atoms with van der Waals surface area (Å²) in [6, 6.07) is 10.2. The minimum atomic E-state index is -3.91. The monoisotopic (exact) mass is 526 g/mol. The van der Waals surface area contributed by atoms with Gasteiger partial charge in [-0.15, -0.1) is 0 Å². The van der Waals surface area contributed by atoms with Gasteiger partial charge < -0.3 is 15.0 Å². The van der Waals surface area contributed by atoms with Crippen LogP contribution in [0.2, 0.25) is 0 Å². The molecule has 0 aliphatic heterocycles. The third-order valence-corrected chi connectivity index (χ3v) is 8.29. The van der Waals surface area contributed by atoms with Gasteiger partial charge in [-0.2, -0.15) is 0 Å². The lowest BCUT2D eigenvalue weighted by atomic mass is 9.87. The van der Waals surface area contributed by atoms with Gasteiger partial charge in [0, 0.05) is 18.0 Å². The first kappa shape index (κ1) is 21.6. The number of amides is 1. The fourth-order valence-corrected chi connectivity index (χ4v) is 6.67. The number of ether oxygens (including phenoxy) is 1. The van der Waals surface area contributed by atoms with Crippen LogP contribution in [0.4, 0.5) is 0 Å². The summed E-state index contributed by atoms with van der Waals surface area (Å²) in [6.45, 7) is 6.07. The third kappa shape index (κ3) is 3.63. The maximum atomic E-state index is 13.7. The van der Waals surface area contributed by atoms with Gasteiger partial charge in [-0.25, -0.2) is 8.42 Å². The summed E-state index contributed by atoms with van der Waals surface area (Å²) in [4.78, 5) is 11.7. The fraction of sp³-hybridized carbons (Fsp3) is 0.286. The maximum absolute atomic E-state index is 13.7. The van der Waals surface area contributed by atoms with E-state index in [2.05, 4.69) is 0 Å². The summed E-state index contributed by atoms with van der Waals surface area (Å²) < 4.78 is 35.0. The first-order valence-corrected chi connectivity index (χ1v) is 11.5. The number of methoxy groups -OCH3 is 1. The minimum absolute atomic E-state index is 0.117. The molecule has 1 heterocycles. The fourth-order valence-electron chi connectivity index (χ4n) is 3.28. The summed E-state index contributed by atoms with van der Waals surface area (Å²) >= 11 is 2.03. The maximum Gasteiger partial charge on any atom is 0.248 e. The van der Waals surface area contributed by atoms with Crippen LogP contribution >= 0.6 is 22.6 Å². The Hall–Kier alpha value is -2.07. The average molecular weight is 526 g/mol. The number of halogens is 1. The Morgan fingerprint density at radius 2 is 1.79 bits per heavy atom. The molecule has 0 bridgehead atoms. The molecule has 3 aromatic rings. The Balaban J connectivity index is 2.33. The van der Waals surface area contributed by atoms with E-state index in [1.165, 1.54) is 7.11 Å². The second-order valence-electron chi connectivity index (χ2n) is 7.89. The van der Waals surface area contributed by atoms with Gasteiger partial charge in [0.2, 0.25) is 15.7 Å². The van der Waals surface area contributed by atoms with E-state index in [0.29, 0.717) is 14.7 Å². The zero-order chi connectivity index (χ0) is 21.7. The lowest BCUT2D eigenvalue weighted by Crippen LogP contribution is -2.15. The number of hydrogen-bond donors (Lipinski definition) is 1. The second-order valence-corrected chi connectivity index (χ2v) is 10.8. The van der Waals surface area contributed by atoms with Crippen LogP contribution in [0.1, 0.15) is 36.7 Å². The summed E-state index contributed by atoms with van der Waals surface area (Å²) in [5.41, 5.74) is 7.00. The van der Waals surface area contributed by atoms with Gasteiger partial charge in [-0.3, -0.25) is 4.79 Å². The van der Waals surface area contributed by atoms with Crippen molar-refractivity contribution < 1.29 is 17.9 Å². The van der Waals surface area contributed by atoms with Crippen molar-refractivity contribution in [3.63, 3.8) is 0 Å². The van der Waals surface area contributed by atoms with Gasteiger partial charge in [0.25, 0.3) is 0 Å². The van der Waals surface area contributed by atoms with Crippen molar-refractivity contribution in [2.45, 2.75) is 36.1 Å². The van der Waals surface area contributed by atoms with E-state index in [1.807, 2.05) is 49.4 Å². The summed E-state index contributed by atoms with van der Waals surface area (Å²) in [7, 11) is -0.783. The highest BCUT2D eigenvalue weighted by Gasteiger charge is 2.31. The van der Waals surface area contributed by atoms with Crippen LogP contribution in [0.25, 0.3) is 10.9 Å². The van der Waals surface area contributed by atoms with Crippen molar-refractivity contribution in [2.75, 3.05) is 7.11 Å². The average Bonchev–Trinajstić information content (AvgIpc) is 2.91. The van der Waals surface area contributed by atoms with Gasteiger partial charge in [-0.1, -0.05) is 32.9 Å². The van der Waals surface area contributed by atoms with E-state index in [9.17, 15) is 13.2 Å². The molecule has 0 unspecified atom stereocenters. The Bertz CT molecular complexity index is 1240. The van der Waals surface area contributed by atoms with Crippen LogP contribution in [0.5, 0.6) is 5.75 Å². The molecule has 0 aliphatic carbocycles. The highest BCUT2D eigenvalue weighted by molar-refractivity contribution is 14.1. The topological polar surface area (TPSA) is 91.4 Å². The predicted octanol–water partition coefficient (Wildman–Crippen LogP) is 4.02. The summed E-state index contributed by atoms with van der Waals surface area (Å²) in [5, 5.41) is 0.890. The Labute approximate surface area is 184 Å². The van der Waals surface area contributed by atoms with Crippen molar-refractivity contribution in [2.24, 2.45) is 12.8 Å². The van der Waals surface area contributed by atoms with Crippen molar-refractivity contribution >= 4 is 49.2 Å². The van der Waals surface area contributed by atoms with Crippen LogP contribution in [-0.2, 0) is 22.3 Å². The van der Waals surface area contributed by atoms with Crippen LogP contribution in [-0.4, -0.2) is 26.0 Å². The van der Waals surface area contributed by atoms with Gasteiger partial charge in [0.05, 0.1) is 16.2 Å². The van der Waals surface area contributed by atoms with Crippen LogP contribution in [0, 0.1) is 3.57 Å². The standard InChI is InChI=1S/C21H23IN2O4S/c1-21(2,3)13-7-9-16(28-5)17(11-13)29(26,27)20-18(22)14-8-6-12(19(23)25)10-15(14)24(20)4/h6-11H,1-5H3,(H2,23,25). The van der Waals surface area contributed by atoms with E-state index in [-0.39, 0.29) is 21.1 Å². The Morgan fingerprint density at radius 1 is 1.14 bits per heavy atom. The number of aromatic nitrogens is 1. The molecule has 1 aromatic heterocycles. The number of primary amides is 1. The SMILES string of the molecule is COc1ccc(C(C)(C)C)cc1S(=O)(=O)c1c(I)c2ccc(C(N)=O)cc2n1C. The number of carbonyl (C=O) groups is 1. The number of aryl methyl sites for hydroxylation is 1. The molecule has 1 amide bonds. The Kier molecular flexibility index (Phi) is 5.46. The van der Waals surface area contributed by atoms with E-state index < -0.39 is 15.7 Å². The zero-order valence-corrected chi connectivity index (χ0v) is 19.9. The molecule has 0 saturated carbocycles. The molecule has 0 aliphatic rings. The lowest BCUT2D eigenvalue weighted by molar-refractivity contribution is 0.100. The van der Waals surface area contributed by atoms with Crippen LogP contribution in [0.3, 0.4) is 0 Å². The molecule has 8 heteroatoms. The smallest absolute Gasteiger partial charge is 0.248 e. The molecular formula is C21H23IN2O4S. The molecule has 0 spiro atoms. The number of fused-ring (bicyclic) bond motifs is 1. The molecule has 2 N–H and O–H groups in total. The van der Waals surface area contributed by atoms with E-state index in [0.717, 1.165) is 10.9 Å². The highest BCUT2D eigenvalue weighted by atomic mass is 127. The summed E-state index contributed by atoms with van der Waals surface area (Å²) in [6.07, 6.45) is 0. The van der Waals surface area contributed by atoms with Crippen LogP contribution in [0.15, 0.2) is 46.3 Å². The molecule has 0 atom stereocenters.